The Morgan fingerprint density at radius 1 is 0.387 bits per heavy atom. The fourth-order valence-corrected chi connectivity index (χ4v) is 9.06. The van der Waals surface area contributed by atoms with E-state index in [1.807, 2.05) is 0 Å². The fourth-order valence-electron chi connectivity index (χ4n) is 9.06. The van der Waals surface area contributed by atoms with E-state index in [9.17, 15) is 25.2 Å². The van der Waals surface area contributed by atoms with Crippen LogP contribution in [0.5, 0.6) is 0 Å². The summed E-state index contributed by atoms with van der Waals surface area (Å²) in [6.07, 6.45) is 60.1. The monoisotopic (exact) mass is 878 g/mol. The number of hydrogen-bond donors (Lipinski definition) is 5. The van der Waals surface area contributed by atoms with Gasteiger partial charge in [0.2, 0.25) is 5.91 Å². The highest BCUT2D eigenvalue weighted by Crippen LogP contribution is 2.18. The third-order valence-corrected chi connectivity index (χ3v) is 13.5. The van der Waals surface area contributed by atoms with Gasteiger partial charge < -0.3 is 25.7 Å². The van der Waals surface area contributed by atoms with E-state index in [1.54, 1.807) is 0 Å². The van der Waals surface area contributed by atoms with Gasteiger partial charge in [-0.3, -0.25) is 4.79 Å². The first-order valence-electron chi connectivity index (χ1n) is 28.1. The molecular formula is C56H111NO5. The molecule has 0 rings (SSSR count). The topological polar surface area (TPSA) is 110 Å². The molecule has 5 N–H and O–H groups in total. The van der Waals surface area contributed by atoms with E-state index in [0.717, 1.165) is 38.5 Å². The minimum atomic E-state index is -1.28. The number of allylic oxidation sites excluding steroid dienone is 2. The molecule has 0 aliphatic carbocycles. The third kappa shape index (κ3) is 44.3. The normalized spacial score (nSPS) is 13.8. The molecule has 0 aliphatic rings. The molecule has 6 heteroatoms. The van der Waals surface area contributed by atoms with Gasteiger partial charge in [-0.2, -0.15) is 0 Å². The molecule has 0 saturated heterocycles. The molecule has 1 amide bonds. The summed E-state index contributed by atoms with van der Waals surface area (Å²) in [4.78, 5) is 12.6. The SMILES string of the molecule is CCCCCCCCCCCCCCCCCCCCCCCCCCC/C=C/CCCC(O)C(O)C(CO)NC(=O)C(O)CCCCCCCCCCCCCCCCCC. The second-order valence-corrected chi connectivity index (χ2v) is 19.6. The van der Waals surface area contributed by atoms with Crippen LogP contribution in [-0.2, 0) is 4.79 Å². The highest BCUT2D eigenvalue weighted by molar-refractivity contribution is 5.80. The van der Waals surface area contributed by atoms with Crippen molar-refractivity contribution in [1.29, 1.82) is 0 Å². The van der Waals surface area contributed by atoms with Gasteiger partial charge in [-0.15, -0.1) is 0 Å². The lowest BCUT2D eigenvalue weighted by Gasteiger charge is -2.27. The highest BCUT2D eigenvalue weighted by Gasteiger charge is 2.28. The second kappa shape index (κ2) is 51.0. The largest absolute Gasteiger partial charge is 0.394 e. The van der Waals surface area contributed by atoms with E-state index in [-0.39, 0.29) is 0 Å². The zero-order valence-corrected chi connectivity index (χ0v) is 41.9. The summed E-state index contributed by atoms with van der Waals surface area (Å²) >= 11 is 0. The summed E-state index contributed by atoms with van der Waals surface area (Å²) < 4.78 is 0. The van der Waals surface area contributed by atoms with Crippen LogP contribution in [0.3, 0.4) is 0 Å². The fraction of sp³-hybridized carbons (Fsp3) is 0.946. The average molecular weight is 879 g/mol. The molecular weight excluding hydrogens is 767 g/mol. The van der Waals surface area contributed by atoms with Crippen molar-refractivity contribution in [1.82, 2.24) is 5.32 Å². The predicted octanol–water partition coefficient (Wildman–Crippen LogP) is 16.1. The molecule has 0 aromatic heterocycles. The van der Waals surface area contributed by atoms with E-state index >= 15 is 0 Å². The number of aliphatic hydroxyl groups is 4. The van der Waals surface area contributed by atoms with Crippen molar-refractivity contribution in [3.05, 3.63) is 12.2 Å². The molecule has 0 fully saturated rings. The molecule has 4 unspecified atom stereocenters. The van der Waals surface area contributed by atoms with Crippen molar-refractivity contribution >= 4 is 5.91 Å². The van der Waals surface area contributed by atoms with Gasteiger partial charge in [0.05, 0.1) is 18.8 Å². The minimum Gasteiger partial charge on any atom is -0.394 e. The maximum Gasteiger partial charge on any atom is 0.249 e. The zero-order valence-electron chi connectivity index (χ0n) is 41.9. The Hall–Kier alpha value is -0.950. The maximum atomic E-state index is 12.6. The lowest BCUT2D eigenvalue weighted by Crippen LogP contribution is -2.53. The molecule has 62 heavy (non-hydrogen) atoms. The summed E-state index contributed by atoms with van der Waals surface area (Å²) in [6, 6.07) is -0.998. The number of carbonyl (C=O) groups excluding carboxylic acids is 1. The first kappa shape index (κ1) is 61.0. The van der Waals surface area contributed by atoms with Gasteiger partial charge in [-0.25, -0.2) is 0 Å². The molecule has 4 atom stereocenters. The Kier molecular flexibility index (Phi) is 50.3. The number of aliphatic hydroxyl groups excluding tert-OH is 4. The molecule has 0 saturated carbocycles. The van der Waals surface area contributed by atoms with Crippen molar-refractivity contribution < 1.29 is 25.2 Å². The van der Waals surface area contributed by atoms with E-state index in [1.165, 1.54) is 244 Å². The molecule has 0 radical (unpaired) electrons. The van der Waals surface area contributed by atoms with Gasteiger partial charge in [0, 0.05) is 0 Å². The van der Waals surface area contributed by atoms with Crippen molar-refractivity contribution in [3.8, 4) is 0 Å². The van der Waals surface area contributed by atoms with Crippen molar-refractivity contribution in [3.63, 3.8) is 0 Å². The minimum absolute atomic E-state index is 0.368. The molecule has 0 aromatic carbocycles. The van der Waals surface area contributed by atoms with Crippen molar-refractivity contribution in [2.24, 2.45) is 0 Å². The van der Waals surface area contributed by atoms with Gasteiger partial charge in [0.1, 0.15) is 12.2 Å². The van der Waals surface area contributed by atoms with Crippen LogP contribution < -0.4 is 5.32 Å². The van der Waals surface area contributed by atoms with E-state index in [4.69, 9.17) is 0 Å². The third-order valence-electron chi connectivity index (χ3n) is 13.5. The Balaban J connectivity index is 3.60. The van der Waals surface area contributed by atoms with Gasteiger partial charge in [0.15, 0.2) is 0 Å². The second-order valence-electron chi connectivity index (χ2n) is 19.6. The van der Waals surface area contributed by atoms with Gasteiger partial charge in [0.25, 0.3) is 0 Å². The molecule has 0 bridgehead atoms. The van der Waals surface area contributed by atoms with E-state index in [2.05, 4.69) is 31.3 Å². The van der Waals surface area contributed by atoms with Crippen LogP contribution in [0.15, 0.2) is 12.2 Å². The lowest BCUT2D eigenvalue weighted by atomic mass is 10.00. The lowest BCUT2D eigenvalue weighted by molar-refractivity contribution is -0.132. The number of amides is 1. The number of nitrogens with one attached hydrogen (secondary N) is 1. The molecule has 6 nitrogen and oxygen atoms in total. The highest BCUT2D eigenvalue weighted by atomic mass is 16.3. The summed E-state index contributed by atoms with van der Waals surface area (Å²) in [5.41, 5.74) is 0. The Bertz CT molecular complexity index is 898. The summed E-state index contributed by atoms with van der Waals surface area (Å²) in [6.45, 7) is 4.08. The van der Waals surface area contributed by atoms with Gasteiger partial charge in [-0.05, 0) is 38.5 Å². The van der Waals surface area contributed by atoms with Crippen LogP contribution >= 0.6 is 0 Å². The van der Waals surface area contributed by atoms with Crippen molar-refractivity contribution in [2.45, 2.75) is 334 Å². The summed E-state index contributed by atoms with van der Waals surface area (Å²) in [7, 11) is 0. The maximum absolute atomic E-state index is 12.6. The number of hydrogen-bond acceptors (Lipinski definition) is 5. The van der Waals surface area contributed by atoms with E-state index in [0.29, 0.717) is 12.8 Å². The Morgan fingerprint density at radius 3 is 0.968 bits per heavy atom. The van der Waals surface area contributed by atoms with Crippen molar-refractivity contribution in [2.75, 3.05) is 6.61 Å². The molecule has 0 spiro atoms. The van der Waals surface area contributed by atoms with Crippen LogP contribution in [0, 0.1) is 0 Å². The number of carbonyl (C=O) groups is 1. The van der Waals surface area contributed by atoms with E-state index < -0.39 is 36.9 Å². The molecule has 0 aromatic rings. The quantitative estimate of drug-likeness (QED) is 0.0309. The van der Waals surface area contributed by atoms with Crippen LogP contribution in [0.2, 0.25) is 0 Å². The Labute approximate surface area is 387 Å². The van der Waals surface area contributed by atoms with Crippen LogP contribution in [-0.4, -0.2) is 57.3 Å². The average Bonchev–Trinajstić information content (AvgIpc) is 3.28. The molecule has 0 aliphatic heterocycles. The number of unbranched alkanes of at least 4 members (excludes halogenated alkanes) is 41. The smallest absolute Gasteiger partial charge is 0.249 e. The van der Waals surface area contributed by atoms with Crippen LogP contribution in [0.1, 0.15) is 309 Å². The number of rotatable bonds is 52. The predicted molar refractivity (Wildman–Crippen MR) is 270 cm³/mol. The van der Waals surface area contributed by atoms with Crippen LogP contribution in [0.4, 0.5) is 0 Å². The van der Waals surface area contributed by atoms with Gasteiger partial charge in [-0.1, -0.05) is 283 Å². The summed E-state index contributed by atoms with van der Waals surface area (Å²) in [5, 5.41) is 43.9. The molecule has 370 valence electrons. The summed E-state index contributed by atoms with van der Waals surface area (Å²) in [5.74, 6) is -0.588. The van der Waals surface area contributed by atoms with Gasteiger partial charge >= 0.3 is 0 Å². The van der Waals surface area contributed by atoms with Crippen LogP contribution in [0.25, 0.3) is 0 Å². The first-order chi connectivity index (χ1) is 30.5. The Morgan fingerprint density at radius 2 is 0.661 bits per heavy atom. The first-order valence-corrected chi connectivity index (χ1v) is 28.1. The zero-order chi connectivity index (χ0) is 45.2. The standard InChI is InChI=1S/C56H111NO5/c1-3-5-7-9-11-13-15-17-19-21-22-23-24-25-26-27-28-29-30-31-32-33-34-36-37-39-41-43-45-47-49-53(59)55(61)52(51-58)57-56(62)54(60)50-48-46-44-42-40-38-35-20-18-16-14-12-10-8-6-4-2/h41,43,52-55,58-61H,3-40,42,44-51H2,1-2H3,(H,57,62)/b43-41+. The molecule has 0 heterocycles.